The maximum atomic E-state index is 2.38. The molecule has 0 radical (unpaired) electrons. The number of nitrogens with zero attached hydrogens (tertiary/aromatic N) is 2. The standard InChI is InChI=1S/C82H58N2/c1-5-19-59(20-6-1)33-35-61-37-47-71(48-38-61)83(75-55-41-63-23-13-15-29-69(63)57-75)73-51-43-67(44-52-73)81-79(65-25-9-3-10-26-65)77-31-17-18-32-78(77)80(66-27-11-4-12-28-66)82(81)68-45-53-74(54-46-68)84(76-56-42-64-24-14-16-30-70(64)58-76)72-49-39-62(40-50-72)36-34-60-21-7-2-8-22-60/h1-58H. The molecule has 0 aromatic heterocycles. The first-order chi connectivity index (χ1) is 41.6. The highest BCUT2D eigenvalue weighted by Gasteiger charge is 2.25. The molecule has 2 heteroatoms. The van der Waals surface area contributed by atoms with Gasteiger partial charge in [0.2, 0.25) is 0 Å². The van der Waals surface area contributed by atoms with Crippen molar-refractivity contribution in [2.75, 3.05) is 9.80 Å². The van der Waals surface area contributed by atoms with Crippen molar-refractivity contribution in [3.63, 3.8) is 0 Å². The fourth-order valence-corrected chi connectivity index (χ4v) is 11.9. The summed E-state index contributed by atoms with van der Waals surface area (Å²) in [5.41, 5.74) is 20.4. The summed E-state index contributed by atoms with van der Waals surface area (Å²) in [6.45, 7) is 0. The molecule has 0 spiro atoms. The minimum Gasteiger partial charge on any atom is -0.310 e. The molecule has 0 amide bonds. The third-order valence-electron chi connectivity index (χ3n) is 16.0. The van der Waals surface area contributed by atoms with Crippen LogP contribution in [0.3, 0.4) is 0 Å². The zero-order chi connectivity index (χ0) is 56.0. The van der Waals surface area contributed by atoms with Gasteiger partial charge in [-0.15, -0.1) is 0 Å². The van der Waals surface area contributed by atoms with E-state index in [1.54, 1.807) is 0 Å². The van der Waals surface area contributed by atoms with E-state index in [1.165, 1.54) is 65.7 Å². The summed E-state index contributed by atoms with van der Waals surface area (Å²) in [5.74, 6) is 0. The van der Waals surface area contributed by atoms with Crippen LogP contribution in [0.4, 0.5) is 34.1 Å². The Hall–Kier alpha value is -11.1. The first-order valence-electron chi connectivity index (χ1n) is 28.8. The molecule has 396 valence electrons. The van der Waals surface area contributed by atoms with Crippen LogP contribution in [0.25, 0.3) is 101 Å². The second-order valence-corrected chi connectivity index (χ2v) is 21.3. The van der Waals surface area contributed by atoms with Gasteiger partial charge in [-0.25, -0.2) is 0 Å². The molecule has 0 N–H and O–H groups in total. The summed E-state index contributed by atoms with van der Waals surface area (Å²) < 4.78 is 0. The topological polar surface area (TPSA) is 6.48 Å². The smallest absolute Gasteiger partial charge is 0.0468 e. The maximum absolute atomic E-state index is 2.38. The first-order valence-corrected chi connectivity index (χ1v) is 28.8. The zero-order valence-electron chi connectivity index (χ0n) is 46.4. The lowest BCUT2D eigenvalue weighted by molar-refractivity contribution is 1.29. The van der Waals surface area contributed by atoms with Crippen molar-refractivity contribution in [1.82, 2.24) is 0 Å². The first kappa shape index (κ1) is 51.1. The number of benzene rings is 14. The number of rotatable bonds is 14. The molecule has 84 heavy (non-hydrogen) atoms. The van der Waals surface area contributed by atoms with Crippen molar-refractivity contribution in [2.45, 2.75) is 0 Å². The van der Waals surface area contributed by atoms with Crippen LogP contribution in [0.1, 0.15) is 22.3 Å². The molecule has 0 saturated heterocycles. The molecule has 0 heterocycles. The van der Waals surface area contributed by atoms with Crippen molar-refractivity contribution >= 4 is 90.7 Å². The predicted octanol–water partition coefficient (Wildman–Crippen LogP) is 23.1. The zero-order valence-corrected chi connectivity index (χ0v) is 46.4. The van der Waals surface area contributed by atoms with Crippen LogP contribution in [0.15, 0.2) is 328 Å². The fourth-order valence-electron chi connectivity index (χ4n) is 11.9. The van der Waals surface area contributed by atoms with E-state index in [0.29, 0.717) is 0 Å². The van der Waals surface area contributed by atoms with Crippen molar-refractivity contribution in [1.29, 1.82) is 0 Å². The van der Waals surface area contributed by atoms with Crippen LogP contribution < -0.4 is 9.80 Å². The van der Waals surface area contributed by atoms with Gasteiger partial charge in [0.1, 0.15) is 0 Å². The largest absolute Gasteiger partial charge is 0.310 e. The van der Waals surface area contributed by atoms with E-state index < -0.39 is 0 Å². The van der Waals surface area contributed by atoms with Crippen LogP contribution in [0, 0.1) is 0 Å². The highest BCUT2D eigenvalue weighted by atomic mass is 15.1. The van der Waals surface area contributed by atoms with E-state index in [-0.39, 0.29) is 0 Å². The fraction of sp³-hybridized carbons (Fsp3) is 0. The minimum atomic E-state index is 1.06. The van der Waals surface area contributed by atoms with Gasteiger partial charge in [-0.2, -0.15) is 0 Å². The normalized spacial score (nSPS) is 11.5. The Morgan fingerprint density at radius 1 is 0.179 bits per heavy atom. The summed E-state index contributed by atoms with van der Waals surface area (Å²) in [6, 6.07) is 119. The average Bonchev–Trinajstić information content (AvgIpc) is 1.31. The Bertz CT molecular complexity index is 4350. The third-order valence-corrected chi connectivity index (χ3v) is 16.0. The Morgan fingerprint density at radius 3 is 0.798 bits per heavy atom. The van der Waals surface area contributed by atoms with E-state index in [9.17, 15) is 0 Å². The molecule has 0 saturated carbocycles. The number of anilines is 6. The molecule has 2 nitrogen and oxygen atoms in total. The van der Waals surface area contributed by atoms with Crippen molar-refractivity contribution in [2.24, 2.45) is 0 Å². The number of hydrogen-bond acceptors (Lipinski definition) is 2. The molecule has 0 unspecified atom stereocenters. The second-order valence-electron chi connectivity index (χ2n) is 21.3. The van der Waals surface area contributed by atoms with Crippen LogP contribution in [-0.4, -0.2) is 0 Å². The minimum absolute atomic E-state index is 1.06. The summed E-state index contributed by atoms with van der Waals surface area (Å²) >= 11 is 0. The molecule has 0 aliphatic heterocycles. The molecule has 14 aromatic rings. The SMILES string of the molecule is C(=Cc1ccc(N(c2ccc(-c3c(-c4ccc(N(c5ccc(C=Cc6ccccc6)cc5)c5ccc6ccccc6c5)cc4)c(-c4ccccc4)c4ccccc4c3-c3ccccc3)cc2)c2ccc3ccccc3c2)cc1)c1ccccc1. The van der Waals surface area contributed by atoms with Crippen molar-refractivity contribution in [3.8, 4) is 44.5 Å². The Labute approximate surface area is 492 Å². The van der Waals surface area contributed by atoms with E-state index in [2.05, 4.69) is 362 Å². The molecular formula is C82H58N2. The van der Waals surface area contributed by atoms with Gasteiger partial charge in [0, 0.05) is 34.1 Å². The Kier molecular flexibility index (Phi) is 14.1. The molecule has 14 aromatic carbocycles. The van der Waals surface area contributed by atoms with Gasteiger partial charge < -0.3 is 9.80 Å². The average molecular weight is 1070 g/mol. The highest BCUT2D eigenvalue weighted by molar-refractivity contribution is 6.18. The molecular weight excluding hydrogens is 1010 g/mol. The molecule has 0 aliphatic rings. The van der Waals surface area contributed by atoms with Gasteiger partial charge in [-0.3, -0.25) is 0 Å². The summed E-state index contributed by atoms with van der Waals surface area (Å²) in [4.78, 5) is 4.76. The van der Waals surface area contributed by atoms with E-state index in [1.807, 2.05) is 0 Å². The quantitative estimate of drug-likeness (QED) is 0.100. The maximum Gasteiger partial charge on any atom is 0.0468 e. The lowest BCUT2D eigenvalue weighted by Crippen LogP contribution is -2.10. The summed E-state index contributed by atoms with van der Waals surface area (Å²) in [6.07, 6.45) is 8.71. The van der Waals surface area contributed by atoms with Crippen molar-refractivity contribution < 1.29 is 0 Å². The lowest BCUT2D eigenvalue weighted by Gasteiger charge is -2.28. The number of hydrogen-bond donors (Lipinski definition) is 0. The Balaban J connectivity index is 0.935. The van der Waals surface area contributed by atoms with Gasteiger partial charge in [-0.1, -0.05) is 279 Å². The lowest BCUT2D eigenvalue weighted by atomic mass is 9.79. The van der Waals surface area contributed by atoms with Gasteiger partial charge >= 0.3 is 0 Å². The molecule has 0 aliphatic carbocycles. The number of fused-ring (bicyclic) bond motifs is 3. The predicted molar refractivity (Wildman–Crippen MR) is 361 cm³/mol. The van der Waals surface area contributed by atoms with Crippen molar-refractivity contribution in [3.05, 3.63) is 350 Å². The van der Waals surface area contributed by atoms with Crippen LogP contribution >= 0.6 is 0 Å². The Morgan fingerprint density at radius 2 is 0.440 bits per heavy atom. The highest BCUT2D eigenvalue weighted by Crippen LogP contribution is 2.52. The molecule has 0 bridgehead atoms. The molecule has 0 atom stereocenters. The van der Waals surface area contributed by atoms with Crippen LogP contribution in [0.2, 0.25) is 0 Å². The van der Waals surface area contributed by atoms with Gasteiger partial charge in [0.05, 0.1) is 0 Å². The van der Waals surface area contributed by atoms with E-state index in [4.69, 9.17) is 0 Å². The molecule has 14 rings (SSSR count). The van der Waals surface area contributed by atoms with Gasteiger partial charge in [0.15, 0.2) is 0 Å². The van der Waals surface area contributed by atoms with E-state index in [0.717, 1.165) is 67.5 Å². The van der Waals surface area contributed by atoms with Gasteiger partial charge in [-0.05, 0) is 172 Å². The second kappa shape index (κ2) is 23.2. The van der Waals surface area contributed by atoms with Crippen LogP contribution in [-0.2, 0) is 0 Å². The monoisotopic (exact) mass is 1070 g/mol. The summed E-state index contributed by atoms with van der Waals surface area (Å²) in [7, 11) is 0. The summed E-state index contributed by atoms with van der Waals surface area (Å²) in [5, 5.41) is 7.20. The third kappa shape index (κ3) is 10.5. The molecule has 0 fully saturated rings. The van der Waals surface area contributed by atoms with Crippen LogP contribution in [0.5, 0.6) is 0 Å². The van der Waals surface area contributed by atoms with Gasteiger partial charge in [0.25, 0.3) is 0 Å². The van der Waals surface area contributed by atoms with E-state index >= 15 is 0 Å².